The molecule has 2 aromatic carbocycles. The van der Waals surface area contributed by atoms with Crippen molar-refractivity contribution in [1.82, 2.24) is 5.32 Å². The summed E-state index contributed by atoms with van der Waals surface area (Å²) in [6, 6.07) is 7.68. The van der Waals surface area contributed by atoms with Crippen LogP contribution in [-0.4, -0.2) is 16.3 Å². The van der Waals surface area contributed by atoms with Gasteiger partial charge in [0.05, 0.1) is 23.3 Å². The molecule has 2 atom stereocenters. The Morgan fingerprint density at radius 3 is 2.07 bits per heavy atom. The van der Waals surface area contributed by atoms with Crippen LogP contribution < -0.4 is 10.6 Å². The quantitative estimate of drug-likeness (QED) is 0.488. The van der Waals surface area contributed by atoms with Crippen LogP contribution in [0.4, 0.5) is 32.0 Å². The second kappa shape index (κ2) is 7.25. The van der Waals surface area contributed by atoms with Gasteiger partial charge in [-0.3, -0.25) is 0 Å². The average molecular weight is 420 g/mol. The monoisotopic (exact) mass is 420 g/mol. The van der Waals surface area contributed by atoms with E-state index in [0.29, 0.717) is 24.1 Å². The van der Waals surface area contributed by atoms with Crippen LogP contribution in [0.25, 0.3) is 0 Å². The highest BCUT2D eigenvalue weighted by Crippen LogP contribution is 2.37. The van der Waals surface area contributed by atoms with E-state index in [1.54, 1.807) is 18.2 Å². The Bertz CT molecular complexity index is 864. The van der Waals surface area contributed by atoms with Crippen molar-refractivity contribution < 1.29 is 31.4 Å². The lowest BCUT2D eigenvalue weighted by Gasteiger charge is -2.20. The van der Waals surface area contributed by atoms with Gasteiger partial charge < -0.3 is 15.7 Å². The second-order valence-electron chi connectivity index (χ2n) is 6.35. The smallest absolute Gasteiger partial charge is 0.386 e. The first-order valence-electron chi connectivity index (χ1n) is 8.08. The maximum atomic E-state index is 12.9. The maximum Gasteiger partial charge on any atom is 0.416 e. The summed E-state index contributed by atoms with van der Waals surface area (Å²) in [6.07, 6.45) is -10.4. The summed E-state index contributed by atoms with van der Waals surface area (Å²) in [5.41, 5.74) is -1.76. The molecular weight excluding hydrogens is 406 g/mol. The lowest BCUT2D eigenvalue weighted by Crippen LogP contribution is -2.40. The predicted molar refractivity (Wildman–Crippen MR) is 94.7 cm³/mol. The number of hydrogen-bond acceptors (Lipinski definition) is 2. The van der Waals surface area contributed by atoms with Crippen molar-refractivity contribution >= 4 is 23.0 Å². The molecule has 0 radical (unpaired) electrons. The van der Waals surface area contributed by atoms with Gasteiger partial charge in [-0.05, 0) is 48.0 Å². The molecule has 0 saturated heterocycles. The van der Waals surface area contributed by atoms with Crippen LogP contribution in [-0.2, 0) is 18.8 Å². The molecule has 3 N–H and O–H groups in total. The first kappa shape index (κ1) is 20.4. The SMILES string of the molecule is O[C@H]1c2ccccc2C[C@H]1NC(=S)Nc1cc(C(F)(F)F)cc(C(F)(F)F)c1. The Labute approximate surface area is 161 Å². The fourth-order valence-electron chi connectivity index (χ4n) is 3.07. The Morgan fingerprint density at radius 1 is 0.964 bits per heavy atom. The summed E-state index contributed by atoms with van der Waals surface area (Å²) in [6.45, 7) is 0. The second-order valence-corrected chi connectivity index (χ2v) is 6.76. The normalized spacial score (nSPS) is 19.2. The van der Waals surface area contributed by atoms with Crippen LogP contribution in [0, 0.1) is 0 Å². The van der Waals surface area contributed by atoms with E-state index in [4.69, 9.17) is 12.2 Å². The fraction of sp³-hybridized carbons (Fsp3) is 0.278. The van der Waals surface area contributed by atoms with E-state index in [1.807, 2.05) is 6.07 Å². The minimum Gasteiger partial charge on any atom is -0.386 e. The van der Waals surface area contributed by atoms with E-state index < -0.39 is 41.3 Å². The first-order chi connectivity index (χ1) is 12.9. The molecule has 2 aromatic rings. The minimum atomic E-state index is -4.95. The maximum absolute atomic E-state index is 12.9. The molecule has 0 aromatic heterocycles. The molecule has 0 spiro atoms. The summed E-state index contributed by atoms with van der Waals surface area (Å²) in [4.78, 5) is 0. The Balaban J connectivity index is 1.77. The molecular formula is C18H14F6N2OS. The lowest BCUT2D eigenvalue weighted by atomic mass is 10.1. The topological polar surface area (TPSA) is 44.3 Å². The van der Waals surface area contributed by atoms with Gasteiger partial charge in [-0.15, -0.1) is 0 Å². The van der Waals surface area contributed by atoms with Crippen LogP contribution in [0.2, 0.25) is 0 Å². The number of thiocarbonyl (C=S) groups is 1. The van der Waals surface area contributed by atoms with Crippen molar-refractivity contribution in [1.29, 1.82) is 0 Å². The van der Waals surface area contributed by atoms with E-state index in [2.05, 4.69) is 10.6 Å². The summed E-state index contributed by atoms with van der Waals surface area (Å²) in [7, 11) is 0. The van der Waals surface area contributed by atoms with Gasteiger partial charge in [-0.25, -0.2) is 0 Å². The molecule has 0 saturated carbocycles. The van der Waals surface area contributed by atoms with Gasteiger partial charge in [0.15, 0.2) is 5.11 Å². The van der Waals surface area contributed by atoms with Crippen LogP contribution >= 0.6 is 12.2 Å². The highest BCUT2D eigenvalue weighted by Gasteiger charge is 2.37. The number of alkyl halides is 6. The zero-order chi connectivity index (χ0) is 20.7. The molecule has 0 unspecified atom stereocenters. The van der Waals surface area contributed by atoms with Crippen molar-refractivity contribution in [3.63, 3.8) is 0 Å². The van der Waals surface area contributed by atoms with Gasteiger partial charge in [-0.2, -0.15) is 26.3 Å². The van der Waals surface area contributed by atoms with Crippen molar-refractivity contribution in [2.45, 2.75) is 30.9 Å². The molecule has 0 bridgehead atoms. The Morgan fingerprint density at radius 2 is 1.54 bits per heavy atom. The third kappa shape index (κ3) is 4.39. The number of halogens is 6. The predicted octanol–water partition coefficient (Wildman–Crippen LogP) is 4.67. The first-order valence-corrected chi connectivity index (χ1v) is 8.49. The van der Waals surface area contributed by atoms with E-state index in [1.165, 1.54) is 0 Å². The third-order valence-corrected chi connectivity index (χ3v) is 4.58. The number of rotatable bonds is 2. The highest BCUT2D eigenvalue weighted by atomic mass is 32.1. The van der Waals surface area contributed by atoms with Crippen LogP contribution in [0.3, 0.4) is 0 Å². The number of benzene rings is 2. The van der Waals surface area contributed by atoms with Gasteiger partial charge >= 0.3 is 12.4 Å². The average Bonchev–Trinajstić information content (AvgIpc) is 2.89. The summed E-state index contributed by atoms with van der Waals surface area (Å²) in [5.74, 6) is 0. The van der Waals surface area contributed by atoms with Gasteiger partial charge in [0.2, 0.25) is 0 Å². The number of hydrogen-bond donors (Lipinski definition) is 3. The molecule has 3 rings (SSSR count). The van der Waals surface area contributed by atoms with Gasteiger partial charge in [-0.1, -0.05) is 24.3 Å². The molecule has 1 aliphatic carbocycles. The molecule has 0 aliphatic heterocycles. The van der Waals surface area contributed by atoms with Crippen LogP contribution in [0.5, 0.6) is 0 Å². The van der Waals surface area contributed by atoms with Crippen LogP contribution in [0.1, 0.15) is 28.4 Å². The van der Waals surface area contributed by atoms with Gasteiger partial charge in [0.1, 0.15) is 0 Å². The zero-order valence-corrected chi connectivity index (χ0v) is 14.8. The van der Waals surface area contributed by atoms with Gasteiger partial charge in [0, 0.05) is 5.69 Å². The molecule has 0 fully saturated rings. The number of nitrogens with one attached hydrogen (secondary N) is 2. The third-order valence-electron chi connectivity index (χ3n) is 4.36. The van der Waals surface area contributed by atoms with E-state index in [0.717, 1.165) is 5.56 Å². The standard InChI is InChI=1S/C18H14F6N2OS/c19-17(20,21)10-6-11(18(22,23)24)8-12(7-10)25-16(28)26-14-5-9-3-1-2-4-13(9)15(14)27/h1-4,6-8,14-15,27H,5H2,(H2,25,26,28)/t14-,15+/m1/s1. The molecule has 0 heterocycles. The highest BCUT2D eigenvalue weighted by molar-refractivity contribution is 7.80. The largest absolute Gasteiger partial charge is 0.416 e. The number of aliphatic hydroxyl groups is 1. The van der Waals surface area contributed by atoms with E-state index in [-0.39, 0.29) is 11.2 Å². The van der Waals surface area contributed by atoms with Crippen LogP contribution in [0.15, 0.2) is 42.5 Å². The van der Waals surface area contributed by atoms with Crippen molar-refractivity contribution in [3.05, 3.63) is 64.7 Å². The van der Waals surface area contributed by atoms with Crippen molar-refractivity contribution in [2.75, 3.05) is 5.32 Å². The van der Waals surface area contributed by atoms with Crippen molar-refractivity contribution in [3.8, 4) is 0 Å². The molecule has 150 valence electrons. The molecule has 10 heteroatoms. The summed E-state index contributed by atoms with van der Waals surface area (Å²) < 4.78 is 77.6. The molecule has 1 aliphatic rings. The summed E-state index contributed by atoms with van der Waals surface area (Å²) >= 11 is 5.01. The van der Waals surface area contributed by atoms with E-state index >= 15 is 0 Å². The number of fused-ring (bicyclic) bond motifs is 1. The van der Waals surface area contributed by atoms with Gasteiger partial charge in [0.25, 0.3) is 0 Å². The Kier molecular flexibility index (Phi) is 5.28. The number of aliphatic hydroxyl groups excluding tert-OH is 1. The Hall–Kier alpha value is -2.33. The molecule has 28 heavy (non-hydrogen) atoms. The number of anilines is 1. The molecule has 0 amide bonds. The fourth-order valence-corrected chi connectivity index (χ4v) is 3.34. The lowest BCUT2D eigenvalue weighted by molar-refractivity contribution is -0.143. The zero-order valence-electron chi connectivity index (χ0n) is 14.0. The minimum absolute atomic E-state index is 0.0407. The summed E-state index contributed by atoms with van der Waals surface area (Å²) in [5, 5.41) is 15.2. The molecule has 3 nitrogen and oxygen atoms in total. The van der Waals surface area contributed by atoms with Crippen molar-refractivity contribution in [2.24, 2.45) is 0 Å². The van der Waals surface area contributed by atoms with E-state index in [9.17, 15) is 31.4 Å².